The maximum atomic E-state index is 13.4. The van der Waals surface area contributed by atoms with Crippen molar-refractivity contribution in [2.24, 2.45) is 0 Å². The summed E-state index contributed by atoms with van der Waals surface area (Å²) < 4.78 is 13.4. The summed E-state index contributed by atoms with van der Waals surface area (Å²) in [5.74, 6) is -0.561. The first-order chi connectivity index (χ1) is 11.3. The van der Waals surface area contributed by atoms with Gasteiger partial charge in [-0.25, -0.2) is 9.18 Å². The van der Waals surface area contributed by atoms with Gasteiger partial charge in [-0.1, -0.05) is 11.6 Å². The lowest BCUT2D eigenvalue weighted by Gasteiger charge is -2.35. The Labute approximate surface area is 146 Å². The summed E-state index contributed by atoms with van der Waals surface area (Å²) in [6.07, 6.45) is -0.405. The molecule has 1 aliphatic heterocycles. The fourth-order valence-electron chi connectivity index (χ4n) is 2.69. The molecule has 134 valence electrons. The van der Waals surface area contributed by atoms with Crippen molar-refractivity contribution in [2.45, 2.75) is 6.10 Å². The Morgan fingerprint density at radius 2 is 2.04 bits per heavy atom. The molecular formula is C16H24ClFN4O2. The first-order valence-corrected chi connectivity index (χ1v) is 8.29. The second-order valence-electron chi connectivity index (χ2n) is 6.26. The SMILES string of the molecule is CN(C)C[C@@H](O)CN1CCN(C(=O)Nc2ccc(Cl)c(F)c2)CC1. The number of likely N-dealkylation sites (N-methyl/N-ethyl adjacent to an activating group) is 1. The molecule has 1 atom stereocenters. The molecular weight excluding hydrogens is 335 g/mol. The Morgan fingerprint density at radius 3 is 2.62 bits per heavy atom. The number of nitrogens with zero attached hydrogens (tertiary/aromatic N) is 3. The van der Waals surface area contributed by atoms with Crippen LogP contribution in [0.3, 0.4) is 0 Å². The van der Waals surface area contributed by atoms with Crippen LogP contribution < -0.4 is 5.32 Å². The van der Waals surface area contributed by atoms with Crippen LogP contribution in [0, 0.1) is 5.82 Å². The van der Waals surface area contributed by atoms with E-state index < -0.39 is 11.9 Å². The van der Waals surface area contributed by atoms with Crippen LogP contribution in [0.15, 0.2) is 18.2 Å². The van der Waals surface area contributed by atoms with Gasteiger partial charge in [-0.3, -0.25) is 4.90 Å². The number of β-amino-alcohol motifs (C(OH)–C–C–N with tert-alkyl or cyclic N) is 1. The highest BCUT2D eigenvalue weighted by Gasteiger charge is 2.22. The first-order valence-electron chi connectivity index (χ1n) is 7.91. The van der Waals surface area contributed by atoms with E-state index in [2.05, 4.69) is 10.2 Å². The fourth-order valence-corrected chi connectivity index (χ4v) is 2.80. The van der Waals surface area contributed by atoms with Gasteiger partial charge in [0.15, 0.2) is 0 Å². The molecule has 2 amide bonds. The standard InChI is InChI=1S/C16H24ClFN4O2/c1-20(2)10-13(23)11-21-5-7-22(8-6-21)16(24)19-12-3-4-14(17)15(18)9-12/h3-4,9,13,23H,5-8,10-11H2,1-2H3,(H,19,24)/t13-/m1/s1. The molecule has 1 aliphatic rings. The van der Waals surface area contributed by atoms with Gasteiger partial charge in [0.25, 0.3) is 0 Å². The average Bonchev–Trinajstić information content (AvgIpc) is 2.50. The van der Waals surface area contributed by atoms with Crippen molar-refractivity contribution in [3.05, 3.63) is 29.0 Å². The van der Waals surface area contributed by atoms with Crippen molar-refractivity contribution < 1.29 is 14.3 Å². The van der Waals surface area contributed by atoms with Gasteiger partial charge in [0.1, 0.15) is 5.82 Å². The molecule has 0 radical (unpaired) electrons. The van der Waals surface area contributed by atoms with Crippen molar-refractivity contribution in [2.75, 3.05) is 58.7 Å². The van der Waals surface area contributed by atoms with Crippen LogP contribution in [0.2, 0.25) is 5.02 Å². The normalized spacial score (nSPS) is 17.2. The second kappa shape index (κ2) is 8.62. The highest BCUT2D eigenvalue weighted by atomic mass is 35.5. The van der Waals surface area contributed by atoms with Gasteiger partial charge in [0.05, 0.1) is 11.1 Å². The van der Waals surface area contributed by atoms with Crippen LogP contribution in [0.4, 0.5) is 14.9 Å². The summed E-state index contributed by atoms with van der Waals surface area (Å²) in [6.45, 7) is 3.74. The zero-order chi connectivity index (χ0) is 17.7. The minimum atomic E-state index is -0.561. The Hall–Kier alpha value is -1.41. The van der Waals surface area contributed by atoms with Gasteiger partial charge in [0.2, 0.25) is 0 Å². The first kappa shape index (κ1) is 18.9. The molecule has 6 nitrogen and oxygen atoms in total. The Kier molecular flexibility index (Phi) is 6.79. The molecule has 1 saturated heterocycles. The fraction of sp³-hybridized carbons (Fsp3) is 0.562. The minimum Gasteiger partial charge on any atom is -0.390 e. The van der Waals surface area contributed by atoms with Gasteiger partial charge in [-0.15, -0.1) is 0 Å². The number of carbonyl (C=O) groups excluding carboxylic acids is 1. The van der Waals surface area contributed by atoms with E-state index in [9.17, 15) is 14.3 Å². The van der Waals surface area contributed by atoms with Gasteiger partial charge >= 0.3 is 6.03 Å². The summed E-state index contributed by atoms with van der Waals surface area (Å²) in [6, 6.07) is 3.92. The van der Waals surface area contributed by atoms with Crippen molar-refractivity contribution >= 4 is 23.3 Å². The number of aliphatic hydroxyl groups excluding tert-OH is 1. The Morgan fingerprint density at radius 1 is 1.38 bits per heavy atom. The number of aliphatic hydroxyl groups is 1. The molecule has 0 aliphatic carbocycles. The molecule has 1 heterocycles. The number of anilines is 1. The third-order valence-corrected chi connectivity index (χ3v) is 4.18. The van der Waals surface area contributed by atoms with Crippen LogP contribution >= 0.6 is 11.6 Å². The van der Waals surface area contributed by atoms with E-state index in [0.29, 0.717) is 45.0 Å². The van der Waals surface area contributed by atoms with Gasteiger partial charge in [0, 0.05) is 45.0 Å². The van der Waals surface area contributed by atoms with Crippen LogP contribution in [-0.2, 0) is 0 Å². The van der Waals surface area contributed by atoms with Crippen molar-refractivity contribution in [1.82, 2.24) is 14.7 Å². The summed E-state index contributed by atoms with van der Waals surface area (Å²) in [4.78, 5) is 18.0. The number of nitrogens with one attached hydrogen (secondary N) is 1. The zero-order valence-electron chi connectivity index (χ0n) is 14.0. The van der Waals surface area contributed by atoms with Gasteiger partial charge in [-0.05, 0) is 32.3 Å². The van der Waals surface area contributed by atoms with E-state index in [-0.39, 0.29) is 11.1 Å². The van der Waals surface area contributed by atoms with Gasteiger partial charge in [-0.2, -0.15) is 0 Å². The highest BCUT2D eigenvalue weighted by molar-refractivity contribution is 6.30. The monoisotopic (exact) mass is 358 g/mol. The topological polar surface area (TPSA) is 59.1 Å². The summed E-state index contributed by atoms with van der Waals surface area (Å²) in [5, 5.41) is 12.7. The van der Waals surface area contributed by atoms with E-state index in [1.165, 1.54) is 12.1 Å². The predicted octanol–water partition coefficient (Wildman–Crippen LogP) is 1.55. The number of carbonyl (C=O) groups is 1. The number of hydrogen-bond acceptors (Lipinski definition) is 4. The van der Waals surface area contributed by atoms with Crippen molar-refractivity contribution in [3.8, 4) is 0 Å². The van der Waals surface area contributed by atoms with E-state index in [1.807, 2.05) is 19.0 Å². The number of piperazine rings is 1. The molecule has 0 saturated carbocycles. The molecule has 0 spiro atoms. The van der Waals surface area contributed by atoms with Crippen LogP contribution in [-0.4, -0.2) is 85.3 Å². The molecule has 0 unspecified atom stereocenters. The maximum Gasteiger partial charge on any atom is 0.321 e. The zero-order valence-corrected chi connectivity index (χ0v) is 14.8. The largest absolute Gasteiger partial charge is 0.390 e. The molecule has 0 bridgehead atoms. The molecule has 0 aromatic heterocycles. The molecule has 2 rings (SSSR count). The van der Waals surface area contributed by atoms with E-state index >= 15 is 0 Å². The molecule has 1 aromatic rings. The molecule has 1 aromatic carbocycles. The third-order valence-electron chi connectivity index (χ3n) is 3.88. The predicted molar refractivity (Wildman–Crippen MR) is 93.0 cm³/mol. The van der Waals surface area contributed by atoms with Crippen LogP contribution in [0.5, 0.6) is 0 Å². The van der Waals surface area contributed by atoms with Crippen LogP contribution in [0.25, 0.3) is 0 Å². The quantitative estimate of drug-likeness (QED) is 0.838. The maximum absolute atomic E-state index is 13.4. The molecule has 2 N–H and O–H groups in total. The smallest absolute Gasteiger partial charge is 0.321 e. The summed E-state index contributed by atoms with van der Waals surface area (Å²) in [7, 11) is 3.84. The highest BCUT2D eigenvalue weighted by Crippen LogP contribution is 2.19. The number of rotatable bonds is 5. The number of hydrogen-bond donors (Lipinski definition) is 2. The number of urea groups is 1. The lowest BCUT2D eigenvalue weighted by Crippen LogP contribution is -2.52. The summed E-state index contributed by atoms with van der Waals surface area (Å²) >= 11 is 5.63. The second-order valence-corrected chi connectivity index (χ2v) is 6.67. The van der Waals surface area contributed by atoms with Crippen LogP contribution in [0.1, 0.15) is 0 Å². The average molecular weight is 359 g/mol. The van der Waals surface area contributed by atoms with Gasteiger partial charge < -0.3 is 20.2 Å². The number of halogens is 2. The minimum absolute atomic E-state index is 0.0258. The lowest BCUT2D eigenvalue weighted by molar-refractivity contribution is 0.0677. The molecule has 8 heteroatoms. The van der Waals surface area contributed by atoms with E-state index in [0.717, 1.165) is 0 Å². The Balaban J connectivity index is 1.79. The van der Waals surface area contributed by atoms with E-state index in [1.54, 1.807) is 11.0 Å². The third kappa shape index (κ3) is 5.59. The van der Waals surface area contributed by atoms with E-state index in [4.69, 9.17) is 11.6 Å². The lowest BCUT2D eigenvalue weighted by atomic mass is 10.2. The molecule has 1 fully saturated rings. The van der Waals surface area contributed by atoms with Crippen molar-refractivity contribution in [3.63, 3.8) is 0 Å². The molecule has 24 heavy (non-hydrogen) atoms. The number of amides is 2. The summed E-state index contributed by atoms with van der Waals surface area (Å²) in [5.41, 5.74) is 0.380. The Bertz CT molecular complexity index is 565. The number of benzene rings is 1. The van der Waals surface area contributed by atoms with Crippen molar-refractivity contribution in [1.29, 1.82) is 0 Å².